The van der Waals surface area contributed by atoms with Gasteiger partial charge in [0, 0.05) is 29.2 Å². The van der Waals surface area contributed by atoms with Gasteiger partial charge in [0.15, 0.2) is 5.78 Å². The van der Waals surface area contributed by atoms with Crippen molar-refractivity contribution in [2.75, 3.05) is 10.2 Å². The molecule has 0 fully saturated rings. The van der Waals surface area contributed by atoms with Crippen molar-refractivity contribution >= 4 is 23.1 Å². The fourth-order valence-electron chi connectivity index (χ4n) is 5.32. The van der Waals surface area contributed by atoms with Crippen LogP contribution in [0.15, 0.2) is 113 Å². The first-order valence-electron chi connectivity index (χ1n) is 12.2. The van der Waals surface area contributed by atoms with Crippen LogP contribution in [0.2, 0.25) is 0 Å². The van der Waals surface area contributed by atoms with Crippen LogP contribution in [-0.2, 0) is 4.79 Å². The number of aryl methyl sites for hydroxylation is 1. The summed E-state index contributed by atoms with van der Waals surface area (Å²) in [5, 5.41) is 3.55. The quantitative estimate of drug-likeness (QED) is 0.355. The van der Waals surface area contributed by atoms with Gasteiger partial charge in [0.1, 0.15) is 5.76 Å². The molecule has 3 aromatic carbocycles. The molecule has 1 amide bonds. The Labute approximate surface area is 210 Å². The Bertz CT molecular complexity index is 1450. The second-order valence-electron chi connectivity index (χ2n) is 9.43. The highest BCUT2D eigenvalue weighted by atomic mass is 16.3. The van der Waals surface area contributed by atoms with Crippen molar-refractivity contribution in [3.8, 4) is 0 Å². The number of hydrogen-bond donors (Lipinski definition) is 1. The van der Waals surface area contributed by atoms with Gasteiger partial charge in [0.05, 0.1) is 23.7 Å². The third kappa shape index (κ3) is 3.83. The van der Waals surface area contributed by atoms with Gasteiger partial charge in [-0.05, 0) is 55.3 Å². The van der Waals surface area contributed by atoms with Crippen molar-refractivity contribution < 1.29 is 14.0 Å². The Morgan fingerprint density at radius 3 is 2.39 bits per heavy atom. The first kappa shape index (κ1) is 22.1. The van der Waals surface area contributed by atoms with E-state index in [4.69, 9.17) is 4.42 Å². The first-order chi connectivity index (χ1) is 17.6. The van der Waals surface area contributed by atoms with E-state index < -0.39 is 6.04 Å². The summed E-state index contributed by atoms with van der Waals surface area (Å²) in [6.45, 7) is 2.03. The van der Waals surface area contributed by atoms with Crippen molar-refractivity contribution in [2.45, 2.75) is 31.7 Å². The molecule has 0 saturated heterocycles. The molecule has 0 unspecified atom stereocenters. The lowest BCUT2D eigenvalue weighted by atomic mass is 9.80. The summed E-state index contributed by atoms with van der Waals surface area (Å²) in [6.07, 6.45) is 2.60. The van der Waals surface area contributed by atoms with Gasteiger partial charge in [-0.1, -0.05) is 60.2 Å². The fourth-order valence-corrected chi connectivity index (χ4v) is 5.32. The summed E-state index contributed by atoms with van der Waals surface area (Å²) in [7, 11) is 0. The van der Waals surface area contributed by atoms with Crippen LogP contribution >= 0.6 is 0 Å². The van der Waals surface area contributed by atoms with Gasteiger partial charge >= 0.3 is 0 Å². The van der Waals surface area contributed by atoms with Gasteiger partial charge in [0.2, 0.25) is 0 Å². The van der Waals surface area contributed by atoms with Crippen molar-refractivity contribution in [2.24, 2.45) is 0 Å². The molecule has 5 nitrogen and oxygen atoms in total. The number of nitrogens with zero attached hydrogens (tertiary/aromatic N) is 1. The average Bonchev–Trinajstić information content (AvgIpc) is 3.40. The molecule has 2 aliphatic rings. The zero-order chi connectivity index (χ0) is 24.6. The van der Waals surface area contributed by atoms with E-state index >= 15 is 0 Å². The number of benzene rings is 3. The minimum atomic E-state index is -0.561. The molecule has 4 aromatic rings. The molecule has 1 aliphatic carbocycles. The van der Waals surface area contributed by atoms with E-state index in [1.165, 1.54) is 0 Å². The van der Waals surface area contributed by atoms with Crippen LogP contribution < -0.4 is 10.2 Å². The number of ketones is 1. The van der Waals surface area contributed by atoms with Gasteiger partial charge in [-0.3, -0.25) is 14.5 Å². The highest BCUT2D eigenvalue weighted by Gasteiger charge is 2.42. The Morgan fingerprint density at radius 2 is 1.64 bits per heavy atom. The van der Waals surface area contributed by atoms with E-state index in [-0.39, 0.29) is 17.6 Å². The minimum absolute atomic E-state index is 0.0226. The molecule has 5 heteroatoms. The summed E-state index contributed by atoms with van der Waals surface area (Å²) in [6, 6.07) is 28.4. The lowest BCUT2D eigenvalue weighted by Crippen LogP contribution is -2.38. The lowest BCUT2D eigenvalue weighted by molar-refractivity contribution is -0.116. The zero-order valence-electron chi connectivity index (χ0n) is 20.0. The number of furan rings is 1. The topological polar surface area (TPSA) is 62.6 Å². The number of amides is 1. The van der Waals surface area contributed by atoms with E-state index in [1.807, 2.05) is 97.9 Å². The van der Waals surface area contributed by atoms with Crippen LogP contribution in [0.1, 0.15) is 52.0 Å². The first-order valence-corrected chi connectivity index (χ1v) is 12.2. The molecule has 2 heterocycles. The zero-order valence-corrected chi connectivity index (χ0v) is 20.0. The Morgan fingerprint density at radius 1 is 0.889 bits per heavy atom. The summed E-state index contributed by atoms with van der Waals surface area (Å²) in [5.41, 5.74) is 5.63. The molecule has 2 atom stereocenters. The second-order valence-corrected chi connectivity index (χ2v) is 9.43. The highest BCUT2D eigenvalue weighted by molar-refractivity contribution is 6.12. The molecule has 0 radical (unpaired) electrons. The van der Waals surface area contributed by atoms with E-state index in [2.05, 4.69) is 5.32 Å². The number of hydrogen-bond acceptors (Lipinski definition) is 4. The Hall–Kier alpha value is -4.38. The van der Waals surface area contributed by atoms with Gasteiger partial charge < -0.3 is 9.73 Å². The molecule has 0 bridgehead atoms. The van der Waals surface area contributed by atoms with E-state index in [0.717, 1.165) is 34.0 Å². The molecule has 0 spiro atoms. The van der Waals surface area contributed by atoms with Crippen LogP contribution in [0.3, 0.4) is 0 Å². The molecular formula is C31H26N2O3. The number of allylic oxidation sites excluding steroid dienone is 1. The minimum Gasteiger partial charge on any atom is -0.469 e. The maximum atomic E-state index is 14.1. The van der Waals surface area contributed by atoms with E-state index in [1.54, 1.807) is 11.2 Å². The van der Waals surface area contributed by atoms with Gasteiger partial charge in [-0.15, -0.1) is 0 Å². The maximum absolute atomic E-state index is 14.1. The van der Waals surface area contributed by atoms with Crippen LogP contribution in [0.4, 0.5) is 11.4 Å². The van der Waals surface area contributed by atoms with Crippen molar-refractivity contribution in [3.63, 3.8) is 0 Å². The summed E-state index contributed by atoms with van der Waals surface area (Å²) < 4.78 is 5.68. The number of carbonyl (C=O) groups excluding carboxylic acids is 2. The average molecular weight is 475 g/mol. The standard InChI is InChI=1S/C31H26N2O3/c1-20-13-15-21(16-14-20)30-29-25(18-23(19-27(29)34)28-12-7-17-36-28)32-24-10-5-6-11-26(24)33(30)31(35)22-8-3-2-4-9-22/h2-17,23,30,32H,18-19H2,1H3/t23-,30+/m1/s1. The number of rotatable bonds is 3. The molecule has 1 aromatic heterocycles. The number of nitrogens with one attached hydrogen (secondary N) is 1. The number of anilines is 2. The Kier molecular flexibility index (Phi) is 5.53. The molecule has 178 valence electrons. The maximum Gasteiger partial charge on any atom is 0.259 e. The monoisotopic (exact) mass is 474 g/mol. The molecular weight excluding hydrogens is 448 g/mol. The normalized spacial score (nSPS) is 19.2. The van der Waals surface area contributed by atoms with Gasteiger partial charge in [0.25, 0.3) is 5.91 Å². The van der Waals surface area contributed by atoms with Crippen LogP contribution in [0, 0.1) is 6.92 Å². The number of fused-ring (bicyclic) bond motifs is 1. The molecule has 1 N–H and O–H groups in total. The van der Waals surface area contributed by atoms with Crippen molar-refractivity contribution in [1.82, 2.24) is 0 Å². The fraction of sp³-hybridized carbons (Fsp3) is 0.161. The Balaban J connectivity index is 1.58. The third-order valence-electron chi connectivity index (χ3n) is 7.07. The number of Topliss-reactive ketones (excluding diaryl/α,β-unsaturated/α-hetero) is 1. The lowest BCUT2D eigenvalue weighted by Gasteiger charge is -2.35. The number of para-hydroxylation sites is 2. The largest absolute Gasteiger partial charge is 0.469 e. The summed E-state index contributed by atoms with van der Waals surface area (Å²) in [5.74, 6) is 0.624. The third-order valence-corrected chi connectivity index (χ3v) is 7.07. The van der Waals surface area contributed by atoms with Crippen LogP contribution in [0.5, 0.6) is 0 Å². The van der Waals surface area contributed by atoms with Gasteiger partial charge in [-0.25, -0.2) is 0 Å². The summed E-state index contributed by atoms with van der Waals surface area (Å²) in [4.78, 5) is 29.9. The van der Waals surface area contributed by atoms with Crippen molar-refractivity contribution in [3.05, 3.63) is 131 Å². The van der Waals surface area contributed by atoms with E-state index in [9.17, 15) is 9.59 Å². The predicted octanol–water partition coefficient (Wildman–Crippen LogP) is 6.80. The molecule has 6 rings (SSSR count). The second kappa shape index (κ2) is 9.00. The summed E-state index contributed by atoms with van der Waals surface area (Å²) >= 11 is 0. The van der Waals surface area contributed by atoms with E-state index in [0.29, 0.717) is 24.0 Å². The smallest absolute Gasteiger partial charge is 0.259 e. The van der Waals surface area contributed by atoms with Gasteiger partial charge in [-0.2, -0.15) is 0 Å². The number of carbonyl (C=O) groups is 2. The SMILES string of the molecule is Cc1ccc([C@H]2C3=C(C[C@@H](c4ccco4)CC3=O)Nc3ccccc3N2C(=O)c2ccccc2)cc1. The molecule has 1 aliphatic heterocycles. The molecule has 0 saturated carbocycles. The van der Waals surface area contributed by atoms with Crippen molar-refractivity contribution in [1.29, 1.82) is 0 Å². The highest BCUT2D eigenvalue weighted by Crippen LogP contribution is 2.47. The molecule has 36 heavy (non-hydrogen) atoms. The predicted molar refractivity (Wildman–Crippen MR) is 140 cm³/mol. The van der Waals surface area contributed by atoms with Crippen LogP contribution in [-0.4, -0.2) is 11.7 Å². The van der Waals surface area contributed by atoms with Crippen LogP contribution in [0.25, 0.3) is 0 Å².